The molecule has 4 amide bonds. The summed E-state index contributed by atoms with van der Waals surface area (Å²) >= 11 is 0. The maximum Gasteiger partial charge on any atom is 0.326 e. The third-order valence-electron chi connectivity index (χ3n) is 4.64. The van der Waals surface area contributed by atoms with Crippen molar-refractivity contribution in [2.75, 3.05) is 0 Å². The standard InChI is InChI=1S/C19H27N7O10/c20-9(3-8-6-22-7-23-8)16(32)24-10(1-2-14(28)29)17(33)25-11(5-15(30)31)18(34)26-12(19(35)36)4-13(21)27/h6-7,9-12H,1-5,20H2,(H2,21,27)(H,22,23)(H,24,32)(H,25,33)(H,26,34)(H,28,29)(H,30,31)(H,35,36). The fourth-order valence-electron chi connectivity index (χ4n) is 2.87. The molecule has 1 aromatic heterocycles. The molecule has 11 N–H and O–H groups in total. The van der Waals surface area contributed by atoms with Gasteiger partial charge in [-0.1, -0.05) is 0 Å². The van der Waals surface area contributed by atoms with Gasteiger partial charge in [0.2, 0.25) is 23.6 Å². The minimum absolute atomic E-state index is 0.000409. The van der Waals surface area contributed by atoms with Crippen LogP contribution < -0.4 is 27.4 Å². The third kappa shape index (κ3) is 10.6. The Morgan fingerprint density at radius 3 is 1.94 bits per heavy atom. The van der Waals surface area contributed by atoms with E-state index in [1.165, 1.54) is 12.5 Å². The molecular formula is C19H27N7O10. The highest BCUT2D eigenvalue weighted by Crippen LogP contribution is 2.04. The minimum Gasteiger partial charge on any atom is -0.481 e. The summed E-state index contributed by atoms with van der Waals surface area (Å²) in [6.07, 6.45) is -0.0535. The molecule has 0 saturated heterocycles. The van der Waals surface area contributed by atoms with Gasteiger partial charge in [0.25, 0.3) is 0 Å². The average molecular weight is 513 g/mol. The summed E-state index contributed by atoms with van der Waals surface area (Å²) in [6.45, 7) is 0. The Bertz CT molecular complexity index is 981. The first kappa shape index (κ1) is 29.5. The number of aliphatic carboxylic acids is 3. The van der Waals surface area contributed by atoms with Crippen LogP contribution in [0.25, 0.3) is 0 Å². The van der Waals surface area contributed by atoms with E-state index in [1.807, 2.05) is 5.32 Å². The zero-order chi connectivity index (χ0) is 27.4. The number of carboxylic acids is 3. The van der Waals surface area contributed by atoms with Crippen LogP contribution in [0.4, 0.5) is 0 Å². The van der Waals surface area contributed by atoms with E-state index in [9.17, 15) is 33.6 Å². The van der Waals surface area contributed by atoms with Crippen LogP contribution in [0, 0.1) is 0 Å². The van der Waals surface area contributed by atoms with Crippen LogP contribution in [0.1, 0.15) is 31.4 Å². The summed E-state index contributed by atoms with van der Waals surface area (Å²) in [5.74, 6) is -8.80. The number of hydrogen-bond acceptors (Lipinski definition) is 9. The fourth-order valence-corrected chi connectivity index (χ4v) is 2.87. The van der Waals surface area contributed by atoms with Crippen molar-refractivity contribution in [3.8, 4) is 0 Å². The topological polar surface area (TPSA) is 297 Å². The monoisotopic (exact) mass is 513 g/mol. The van der Waals surface area contributed by atoms with Crippen molar-refractivity contribution in [1.82, 2.24) is 25.9 Å². The molecule has 4 atom stereocenters. The fraction of sp³-hybridized carbons (Fsp3) is 0.474. The molecule has 0 aromatic carbocycles. The molecule has 0 saturated carbocycles. The molecule has 0 radical (unpaired) electrons. The summed E-state index contributed by atoms with van der Waals surface area (Å²) in [5, 5.41) is 33.4. The van der Waals surface area contributed by atoms with Gasteiger partial charge in [-0.15, -0.1) is 0 Å². The number of aromatic amines is 1. The second-order valence-electron chi connectivity index (χ2n) is 7.61. The predicted octanol–water partition coefficient (Wildman–Crippen LogP) is -3.97. The molecule has 0 aliphatic heterocycles. The first-order valence-electron chi connectivity index (χ1n) is 10.4. The van der Waals surface area contributed by atoms with Crippen LogP contribution in [0.3, 0.4) is 0 Å². The van der Waals surface area contributed by atoms with Crippen molar-refractivity contribution >= 4 is 41.5 Å². The van der Waals surface area contributed by atoms with E-state index in [1.54, 1.807) is 0 Å². The van der Waals surface area contributed by atoms with Crippen LogP contribution >= 0.6 is 0 Å². The number of primary amides is 1. The number of rotatable bonds is 16. The number of H-pyrrole nitrogens is 1. The van der Waals surface area contributed by atoms with Gasteiger partial charge in [-0.25, -0.2) is 9.78 Å². The number of amides is 4. The molecule has 1 heterocycles. The lowest BCUT2D eigenvalue weighted by Crippen LogP contribution is -2.58. The molecular weight excluding hydrogens is 486 g/mol. The van der Waals surface area contributed by atoms with Crippen LogP contribution in [0.5, 0.6) is 0 Å². The zero-order valence-corrected chi connectivity index (χ0v) is 18.8. The Morgan fingerprint density at radius 2 is 1.44 bits per heavy atom. The number of nitrogens with two attached hydrogens (primary N) is 2. The van der Waals surface area contributed by atoms with Crippen LogP contribution in [0.2, 0.25) is 0 Å². The van der Waals surface area contributed by atoms with Crippen molar-refractivity contribution in [2.45, 2.75) is 56.3 Å². The summed E-state index contributed by atoms with van der Waals surface area (Å²) in [7, 11) is 0. The quantitative estimate of drug-likeness (QED) is 0.102. The van der Waals surface area contributed by atoms with Crippen molar-refractivity contribution in [1.29, 1.82) is 0 Å². The number of carbonyl (C=O) groups excluding carboxylic acids is 4. The van der Waals surface area contributed by atoms with Crippen molar-refractivity contribution in [3.05, 3.63) is 18.2 Å². The van der Waals surface area contributed by atoms with E-state index in [0.717, 1.165) is 0 Å². The maximum atomic E-state index is 12.8. The molecule has 1 rings (SSSR count). The Hall–Kier alpha value is -4.54. The number of imidazole rings is 1. The highest BCUT2D eigenvalue weighted by Gasteiger charge is 2.32. The molecule has 0 bridgehead atoms. The average Bonchev–Trinajstić information content (AvgIpc) is 3.27. The van der Waals surface area contributed by atoms with E-state index in [2.05, 4.69) is 20.6 Å². The van der Waals surface area contributed by atoms with E-state index in [-0.39, 0.29) is 6.42 Å². The van der Waals surface area contributed by atoms with E-state index in [4.69, 9.17) is 26.8 Å². The molecule has 0 spiro atoms. The van der Waals surface area contributed by atoms with Gasteiger partial charge in [0.05, 0.1) is 25.2 Å². The summed E-state index contributed by atoms with van der Waals surface area (Å²) in [4.78, 5) is 88.7. The lowest BCUT2D eigenvalue weighted by molar-refractivity contribution is -0.144. The zero-order valence-electron chi connectivity index (χ0n) is 18.8. The van der Waals surface area contributed by atoms with Crippen LogP contribution in [0.15, 0.2) is 12.5 Å². The van der Waals surface area contributed by atoms with Gasteiger partial charge in [0, 0.05) is 24.7 Å². The number of carboxylic acid groups (broad SMARTS) is 3. The molecule has 198 valence electrons. The SMILES string of the molecule is NC(=O)CC(NC(=O)C(CC(=O)O)NC(=O)C(CCC(=O)O)NC(=O)C(N)Cc1cnc[nH]1)C(=O)O. The summed E-state index contributed by atoms with van der Waals surface area (Å²) < 4.78 is 0. The second-order valence-corrected chi connectivity index (χ2v) is 7.61. The Morgan fingerprint density at radius 1 is 0.861 bits per heavy atom. The highest BCUT2D eigenvalue weighted by molar-refractivity contribution is 5.96. The third-order valence-corrected chi connectivity index (χ3v) is 4.64. The Balaban J connectivity index is 3.00. The van der Waals surface area contributed by atoms with Crippen molar-refractivity contribution in [2.24, 2.45) is 11.5 Å². The van der Waals surface area contributed by atoms with Gasteiger partial charge in [0.1, 0.15) is 18.1 Å². The van der Waals surface area contributed by atoms with Crippen LogP contribution in [-0.4, -0.2) is 91.0 Å². The van der Waals surface area contributed by atoms with Gasteiger partial charge in [-0.2, -0.15) is 0 Å². The number of nitrogens with zero attached hydrogens (tertiary/aromatic N) is 1. The minimum atomic E-state index is -1.84. The molecule has 17 nitrogen and oxygen atoms in total. The van der Waals surface area contributed by atoms with Crippen molar-refractivity contribution < 1.29 is 48.9 Å². The number of aromatic nitrogens is 2. The largest absolute Gasteiger partial charge is 0.481 e. The first-order valence-corrected chi connectivity index (χ1v) is 10.4. The van der Waals surface area contributed by atoms with Gasteiger partial charge >= 0.3 is 17.9 Å². The van der Waals surface area contributed by atoms with Crippen LogP contribution in [-0.2, 0) is 40.0 Å². The molecule has 0 aliphatic rings. The van der Waals surface area contributed by atoms with E-state index >= 15 is 0 Å². The molecule has 0 aliphatic carbocycles. The lowest BCUT2D eigenvalue weighted by atomic mass is 10.1. The lowest BCUT2D eigenvalue weighted by Gasteiger charge is -2.24. The number of nitrogens with one attached hydrogen (secondary N) is 4. The van der Waals surface area contributed by atoms with Gasteiger partial charge < -0.3 is 47.7 Å². The first-order chi connectivity index (χ1) is 16.8. The number of carbonyl (C=O) groups is 7. The van der Waals surface area contributed by atoms with Gasteiger partial charge in [0.15, 0.2) is 0 Å². The molecule has 36 heavy (non-hydrogen) atoms. The van der Waals surface area contributed by atoms with Gasteiger partial charge in [-0.05, 0) is 6.42 Å². The maximum absolute atomic E-state index is 12.8. The van der Waals surface area contributed by atoms with Gasteiger partial charge in [-0.3, -0.25) is 28.8 Å². The summed E-state index contributed by atoms with van der Waals surface area (Å²) in [6, 6.07) is -6.35. The summed E-state index contributed by atoms with van der Waals surface area (Å²) in [5.41, 5.74) is 11.2. The van der Waals surface area contributed by atoms with Crippen molar-refractivity contribution in [3.63, 3.8) is 0 Å². The Labute approximate surface area is 203 Å². The predicted molar refractivity (Wildman–Crippen MR) is 117 cm³/mol. The smallest absolute Gasteiger partial charge is 0.326 e. The van der Waals surface area contributed by atoms with E-state index in [0.29, 0.717) is 5.69 Å². The van der Waals surface area contributed by atoms with E-state index < -0.39 is 91.4 Å². The highest BCUT2D eigenvalue weighted by atomic mass is 16.4. The molecule has 0 fully saturated rings. The molecule has 4 unspecified atom stereocenters. The molecule has 1 aromatic rings. The normalized spacial score (nSPS) is 13.9. The Kier molecular flexibility index (Phi) is 11.5. The molecule has 17 heteroatoms. The second kappa shape index (κ2) is 14.0. The number of hydrogen-bond donors (Lipinski definition) is 9.